The summed E-state index contributed by atoms with van der Waals surface area (Å²) in [7, 11) is 4.15. The van der Waals surface area contributed by atoms with Gasteiger partial charge in [0.05, 0.1) is 11.7 Å². The largest absolute Gasteiger partial charge is 0.322 e. The van der Waals surface area contributed by atoms with E-state index >= 15 is 0 Å². The molecule has 1 spiro atoms. The van der Waals surface area contributed by atoms with E-state index in [0.29, 0.717) is 11.8 Å². The van der Waals surface area contributed by atoms with Crippen molar-refractivity contribution in [1.82, 2.24) is 15.1 Å². The molecule has 0 aromatic rings. The fraction of sp³-hybridized carbons (Fsp3) is 0.938. The van der Waals surface area contributed by atoms with Crippen LogP contribution in [0.15, 0.2) is 0 Å². The molecule has 0 aromatic carbocycles. The fourth-order valence-electron chi connectivity index (χ4n) is 3.92. The Labute approximate surface area is 123 Å². The lowest BCUT2D eigenvalue weighted by Gasteiger charge is -2.33. The summed E-state index contributed by atoms with van der Waals surface area (Å²) in [5.41, 5.74) is -0.236. The fourth-order valence-corrected chi connectivity index (χ4v) is 3.92. The van der Waals surface area contributed by atoms with E-state index in [0.717, 1.165) is 25.8 Å². The lowest BCUT2D eigenvalue weighted by molar-refractivity contribution is -0.135. The van der Waals surface area contributed by atoms with Gasteiger partial charge in [-0.3, -0.25) is 10.1 Å². The molecular weight excluding hydrogens is 250 g/mol. The first-order chi connectivity index (χ1) is 9.35. The Balaban J connectivity index is 2.17. The van der Waals surface area contributed by atoms with Crippen LogP contribution >= 0.6 is 0 Å². The number of hydrogen-bond donors (Lipinski definition) is 1. The highest BCUT2D eigenvalue weighted by Crippen LogP contribution is 2.38. The zero-order valence-electron chi connectivity index (χ0n) is 13.8. The SMILES string of the molecule is CC(C)CC1NC2(CCCC2)C(=O)N1C(C)CN(C)C. The molecule has 1 amide bonds. The number of nitrogens with zero attached hydrogens (tertiary/aromatic N) is 2. The summed E-state index contributed by atoms with van der Waals surface area (Å²) in [5, 5.41) is 3.71. The second-order valence-electron chi connectivity index (χ2n) is 7.40. The van der Waals surface area contributed by atoms with Gasteiger partial charge in [-0.05, 0) is 46.2 Å². The number of carbonyl (C=O) groups excluding carboxylic acids is 1. The lowest BCUT2D eigenvalue weighted by Crippen LogP contribution is -2.48. The van der Waals surface area contributed by atoms with Gasteiger partial charge in [0.15, 0.2) is 0 Å². The topological polar surface area (TPSA) is 35.6 Å². The molecule has 2 unspecified atom stereocenters. The van der Waals surface area contributed by atoms with Crippen LogP contribution in [-0.4, -0.2) is 54.1 Å². The molecule has 20 heavy (non-hydrogen) atoms. The molecular formula is C16H31N3O. The summed E-state index contributed by atoms with van der Waals surface area (Å²) < 4.78 is 0. The van der Waals surface area contributed by atoms with Gasteiger partial charge in [-0.15, -0.1) is 0 Å². The molecule has 2 aliphatic rings. The third-order valence-electron chi connectivity index (χ3n) is 4.68. The first-order valence-electron chi connectivity index (χ1n) is 8.11. The second-order valence-corrected chi connectivity index (χ2v) is 7.40. The van der Waals surface area contributed by atoms with Gasteiger partial charge in [0.2, 0.25) is 5.91 Å². The Morgan fingerprint density at radius 2 is 1.90 bits per heavy atom. The molecule has 2 fully saturated rings. The van der Waals surface area contributed by atoms with Gasteiger partial charge in [-0.1, -0.05) is 26.7 Å². The molecule has 0 aromatic heterocycles. The Bertz CT molecular complexity index is 348. The number of amides is 1. The molecule has 4 nitrogen and oxygen atoms in total. The van der Waals surface area contributed by atoms with Crippen LogP contribution in [0.5, 0.6) is 0 Å². The number of likely N-dealkylation sites (N-methyl/N-ethyl adjacent to an activating group) is 1. The van der Waals surface area contributed by atoms with Crippen LogP contribution in [0, 0.1) is 5.92 Å². The second kappa shape index (κ2) is 6.02. The van der Waals surface area contributed by atoms with Crippen LogP contribution < -0.4 is 5.32 Å². The van der Waals surface area contributed by atoms with E-state index in [1.165, 1.54) is 12.8 Å². The molecule has 1 heterocycles. The van der Waals surface area contributed by atoms with Crippen LogP contribution in [0.4, 0.5) is 0 Å². The van der Waals surface area contributed by atoms with Crippen molar-refractivity contribution in [3.8, 4) is 0 Å². The maximum absolute atomic E-state index is 13.0. The van der Waals surface area contributed by atoms with Crippen molar-refractivity contribution in [3.63, 3.8) is 0 Å². The van der Waals surface area contributed by atoms with Gasteiger partial charge in [0, 0.05) is 12.6 Å². The van der Waals surface area contributed by atoms with Gasteiger partial charge >= 0.3 is 0 Å². The summed E-state index contributed by atoms with van der Waals surface area (Å²) in [6, 6.07) is 0.272. The van der Waals surface area contributed by atoms with Crippen molar-refractivity contribution in [2.45, 2.75) is 70.6 Å². The predicted molar refractivity (Wildman–Crippen MR) is 82.4 cm³/mol. The van der Waals surface area contributed by atoms with Gasteiger partial charge in [0.25, 0.3) is 0 Å². The van der Waals surface area contributed by atoms with Crippen LogP contribution in [0.25, 0.3) is 0 Å². The number of rotatable bonds is 5. The molecule has 1 aliphatic heterocycles. The monoisotopic (exact) mass is 281 g/mol. The average Bonchev–Trinajstić information content (AvgIpc) is 2.85. The number of nitrogens with one attached hydrogen (secondary N) is 1. The minimum absolute atomic E-state index is 0.218. The van der Waals surface area contributed by atoms with Gasteiger partial charge < -0.3 is 9.80 Å². The number of hydrogen-bond acceptors (Lipinski definition) is 3. The molecule has 116 valence electrons. The quantitative estimate of drug-likeness (QED) is 0.838. The minimum atomic E-state index is -0.236. The third kappa shape index (κ3) is 3.01. The zero-order valence-corrected chi connectivity index (χ0v) is 13.8. The van der Waals surface area contributed by atoms with Crippen molar-refractivity contribution < 1.29 is 4.79 Å². The predicted octanol–water partition coefficient (Wildman–Crippen LogP) is 2.05. The van der Waals surface area contributed by atoms with E-state index in [1.54, 1.807) is 0 Å². The van der Waals surface area contributed by atoms with Crippen LogP contribution in [0.3, 0.4) is 0 Å². The van der Waals surface area contributed by atoms with Crippen molar-refractivity contribution in [3.05, 3.63) is 0 Å². The molecule has 1 saturated heterocycles. The first-order valence-corrected chi connectivity index (χ1v) is 8.11. The third-order valence-corrected chi connectivity index (χ3v) is 4.68. The molecule has 1 saturated carbocycles. The highest BCUT2D eigenvalue weighted by atomic mass is 16.2. The highest BCUT2D eigenvalue weighted by molar-refractivity contribution is 5.89. The molecule has 1 aliphatic carbocycles. The Morgan fingerprint density at radius 3 is 2.40 bits per heavy atom. The van der Waals surface area contributed by atoms with Crippen molar-refractivity contribution in [1.29, 1.82) is 0 Å². The van der Waals surface area contributed by atoms with Crippen LogP contribution in [0.1, 0.15) is 52.9 Å². The van der Waals surface area contributed by atoms with Gasteiger partial charge in [-0.2, -0.15) is 0 Å². The van der Waals surface area contributed by atoms with E-state index in [9.17, 15) is 4.79 Å². The summed E-state index contributed by atoms with van der Waals surface area (Å²) in [5.74, 6) is 0.959. The van der Waals surface area contributed by atoms with Crippen molar-refractivity contribution in [2.75, 3.05) is 20.6 Å². The molecule has 2 rings (SSSR count). The van der Waals surface area contributed by atoms with Crippen molar-refractivity contribution in [2.24, 2.45) is 5.92 Å². The summed E-state index contributed by atoms with van der Waals surface area (Å²) in [4.78, 5) is 17.3. The maximum Gasteiger partial charge on any atom is 0.244 e. The van der Waals surface area contributed by atoms with E-state index in [2.05, 4.69) is 50.0 Å². The standard InChI is InChI=1S/C16H31N3O/c1-12(2)10-14-17-16(8-6-7-9-16)15(20)19(14)13(3)11-18(4)5/h12-14,17H,6-11H2,1-5H3. The molecule has 2 atom stereocenters. The van der Waals surface area contributed by atoms with E-state index < -0.39 is 0 Å². The number of carbonyl (C=O) groups is 1. The smallest absolute Gasteiger partial charge is 0.244 e. The zero-order chi connectivity index (χ0) is 14.9. The maximum atomic E-state index is 13.0. The molecule has 0 radical (unpaired) electrons. The van der Waals surface area contributed by atoms with E-state index in [1.807, 2.05) is 0 Å². The summed E-state index contributed by atoms with van der Waals surface area (Å²) >= 11 is 0. The van der Waals surface area contributed by atoms with Gasteiger partial charge in [-0.25, -0.2) is 0 Å². The molecule has 4 heteroatoms. The molecule has 0 bridgehead atoms. The molecule has 1 N–H and O–H groups in total. The Morgan fingerprint density at radius 1 is 1.30 bits per heavy atom. The first kappa shape index (κ1) is 15.8. The van der Waals surface area contributed by atoms with E-state index in [-0.39, 0.29) is 17.7 Å². The van der Waals surface area contributed by atoms with Crippen molar-refractivity contribution >= 4 is 5.91 Å². The Hall–Kier alpha value is -0.610. The Kier molecular flexibility index (Phi) is 4.75. The van der Waals surface area contributed by atoms with Gasteiger partial charge in [0.1, 0.15) is 0 Å². The minimum Gasteiger partial charge on any atom is -0.322 e. The lowest BCUT2D eigenvalue weighted by atomic mass is 9.97. The summed E-state index contributed by atoms with van der Waals surface area (Å²) in [6.45, 7) is 7.58. The van der Waals surface area contributed by atoms with Crippen LogP contribution in [-0.2, 0) is 4.79 Å². The normalized spacial score (nSPS) is 27.2. The van der Waals surface area contributed by atoms with E-state index in [4.69, 9.17) is 0 Å². The van der Waals surface area contributed by atoms with Crippen LogP contribution in [0.2, 0.25) is 0 Å². The average molecular weight is 281 g/mol. The highest BCUT2D eigenvalue weighted by Gasteiger charge is 2.53. The summed E-state index contributed by atoms with van der Waals surface area (Å²) in [6.07, 6.45) is 5.67.